The molecule has 43 heavy (non-hydrogen) atoms. The van der Waals surface area contributed by atoms with Gasteiger partial charge in [-0.2, -0.15) is 0 Å². The fourth-order valence-electron chi connectivity index (χ4n) is 6.35. The van der Waals surface area contributed by atoms with Gasteiger partial charge >= 0.3 is 0 Å². The van der Waals surface area contributed by atoms with E-state index in [0.29, 0.717) is 5.82 Å². The zero-order valence-electron chi connectivity index (χ0n) is 24.0. The summed E-state index contributed by atoms with van der Waals surface area (Å²) in [6.07, 6.45) is 1.99. The molecule has 0 unspecified atom stereocenters. The third-order valence-electron chi connectivity index (χ3n) is 8.54. The Labute approximate surface area is 250 Å². The van der Waals surface area contributed by atoms with Gasteiger partial charge in [-0.15, -0.1) is 0 Å². The predicted octanol–water partition coefficient (Wildman–Crippen LogP) is 9.39. The van der Waals surface area contributed by atoms with E-state index in [4.69, 9.17) is 19.9 Å². The minimum Gasteiger partial charge on any atom is -0.236 e. The van der Waals surface area contributed by atoms with Gasteiger partial charge in [0.15, 0.2) is 11.6 Å². The van der Waals surface area contributed by atoms with Gasteiger partial charge in [-0.1, -0.05) is 123 Å². The first-order valence-electron chi connectivity index (χ1n) is 14.6. The van der Waals surface area contributed by atoms with E-state index in [-0.39, 0.29) is 5.41 Å². The van der Waals surface area contributed by atoms with E-state index in [2.05, 4.69) is 105 Å². The smallest absolute Gasteiger partial charge is 0.161 e. The summed E-state index contributed by atoms with van der Waals surface area (Å²) in [6.45, 7) is 4.49. The Balaban J connectivity index is 1.30. The van der Waals surface area contributed by atoms with Crippen LogP contribution < -0.4 is 0 Å². The summed E-state index contributed by atoms with van der Waals surface area (Å²) in [7, 11) is 0. The average molecular weight is 553 g/mol. The molecule has 1 aliphatic rings. The standard InChI is InChI=1S/C39H28N4/c1-39(2)33-20-12-11-19-29(33)32-24-40-37(43-36(32)39)30-21-22-31(28-18-10-9-17-27(28)30)38-41-34(25-13-5-3-6-14-25)23-35(42-38)26-15-7-4-8-16-26/h3-24H,1-2H3. The quantitative estimate of drug-likeness (QED) is 0.218. The van der Waals surface area contributed by atoms with Crippen LogP contribution in [-0.4, -0.2) is 19.9 Å². The second-order valence-corrected chi connectivity index (χ2v) is 11.5. The Kier molecular flexibility index (Phi) is 5.76. The zero-order chi connectivity index (χ0) is 29.0. The number of fused-ring (bicyclic) bond motifs is 4. The first kappa shape index (κ1) is 25.2. The molecule has 4 nitrogen and oxygen atoms in total. The van der Waals surface area contributed by atoms with Crippen molar-refractivity contribution in [2.45, 2.75) is 19.3 Å². The third-order valence-corrected chi connectivity index (χ3v) is 8.54. The summed E-state index contributed by atoms with van der Waals surface area (Å²) in [5.74, 6) is 1.42. The highest BCUT2D eigenvalue weighted by Crippen LogP contribution is 2.48. The molecule has 0 radical (unpaired) electrons. The molecule has 0 saturated carbocycles. The van der Waals surface area contributed by atoms with Crippen LogP contribution in [0.5, 0.6) is 0 Å². The first-order chi connectivity index (χ1) is 21.1. The van der Waals surface area contributed by atoms with Crippen molar-refractivity contribution >= 4 is 10.8 Å². The van der Waals surface area contributed by atoms with Crippen LogP contribution in [0, 0.1) is 0 Å². The van der Waals surface area contributed by atoms with E-state index >= 15 is 0 Å². The van der Waals surface area contributed by atoms with Crippen molar-refractivity contribution in [3.63, 3.8) is 0 Å². The topological polar surface area (TPSA) is 51.6 Å². The summed E-state index contributed by atoms with van der Waals surface area (Å²) in [5, 5.41) is 2.14. The monoisotopic (exact) mass is 552 g/mol. The van der Waals surface area contributed by atoms with Crippen molar-refractivity contribution in [3.8, 4) is 56.4 Å². The van der Waals surface area contributed by atoms with Crippen LogP contribution in [0.2, 0.25) is 0 Å². The highest BCUT2D eigenvalue weighted by molar-refractivity contribution is 6.03. The van der Waals surface area contributed by atoms with Gasteiger partial charge in [0.2, 0.25) is 0 Å². The largest absolute Gasteiger partial charge is 0.236 e. The van der Waals surface area contributed by atoms with Gasteiger partial charge in [-0.3, -0.25) is 0 Å². The van der Waals surface area contributed by atoms with Crippen LogP contribution in [0.15, 0.2) is 134 Å². The fourth-order valence-corrected chi connectivity index (χ4v) is 6.35. The summed E-state index contributed by atoms with van der Waals surface area (Å²) < 4.78 is 0. The summed E-state index contributed by atoms with van der Waals surface area (Å²) in [5.41, 5.74) is 10.4. The van der Waals surface area contributed by atoms with Crippen LogP contribution in [0.4, 0.5) is 0 Å². The van der Waals surface area contributed by atoms with Crippen LogP contribution in [0.25, 0.3) is 67.2 Å². The van der Waals surface area contributed by atoms with Gasteiger partial charge in [0, 0.05) is 39.4 Å². The lowest BCUT2D eigenvalue weighted by Gasteiger charge is -2.20. The minimum atomic E-state index is -0.196. The Morgan fingerprint density at radius 1 is 0.465 bits per heavy atom. The molecule has 1 aliphatic carbocycles. The normalized spacial score (nSPS) is 13.1. The Morgan fingerprint density at radius 3 is 1.63 bits per heavy atom. The maximum Gasteiger partial charge on any atom is 0.161 e. The van der Waals surface area contributed by atoms with Gasteiger partial charge < -0.3 is 0 Å². The molecule has 4 heteroatoms. The number of nitrogens with zero attached hydrogens (tertiary/aromatic N) is 4. The lowest BCUT2D eigenvalue weighted by atomic mass is 9.85. The highest BCUT2D eigenvalue weighted by Gasteiger charge is 2.37. The van der Waals surface area contributed by atoms with Crippen LogP contribution >= 0.6 is 0 Å². The van der Waals surface area contributed by atoms with Crippen molar-refractivity contribution < 1.29 is 0 Å². The molecule has 2 heterocycles. The van der Waals surface area contributed by atoms with E-state index in [1.165, 1.54) is 11.1 Å². The Bertz CT molecular complexity index is 2090. The molecule has 204 valence electrons. The Hall–Kier alpha value is -5.48. The van der Waals surface area contributed by atoms with Gasteiger partial charge in [0.1, 0.15) is 0 Å². The second kappa shape index (κ2) is 9.81. The molecule has 0 N–H and O–H groups in total. The zero-order valence-corrected chi connectivity index (χ0v) is 24.0. The Morgan fingerprint density at radius 2 is 1.00 bits per heavy atom. The van der Waals surface area contributed by atoms with Crippen LogP contribution in [0.3, 0.4) is 0 Å². The molecule has 0 spiro atoms. The predicted molar refractivity (Wildman–Crippen MR) is 174 cm³/mol. The molecule has 0 atom stereocenters. The molecule has 0 saturated heterocycles. The van der Waals surface area contributed by atoms with Crippen molar-refractivity contribution in [3.05, 3.63) is 145 Å². The lowest BCUT2D eigenvalue weighted by molar-refractivity contribution is 0.636. The molecule has 0 amide bonds. The second-order valence-electron chi connectivity index (χ2n) is 11.5. The lowest BCUT2D eigenvalue weighted by Crippen LogP contribution is -2.17. The van der Waals surface area contributed by atoms with E-state index < -0.39 is 0 Å². The maximum atomic E-state index is 5.21. The van der Waals surface area contributed by atoms with E-state index in [1.54, 1.807) is 0 Å². The summed E-state index contributed by atoms with van der Waals surface area (Å²) >= 11 is 0. The molecule has 0 fully saturated rings. The number of benzene rings is 5. The molecule has 7 aromatic rings. The molecular formula is C39H28N4. The van der Waals surface area contributed by atoms with E-state index in [1.807, 2.05) is 42.6 Å². The molecule has 0 aliphatic heterocycles. The maximum absolute atomic E-state index is 5.21. The average Bonchev–Trinajstić information content (AvgIpc) is 3.30. The van der Waals surface area contributed by atoms with Crippen molar-refractivity contribution in [1.29, 1.82) is 0 Å². The van der Waals surface area contributed by atoms with Gasteiger partial charge in [-0.05, 0) is 40.1 Å². The third kappa shape index (κ3) is 4.14. The van der Waals surface area contributed by atoms with Gasteiger partial charge in [-0.25, -0.2) is 19.9 Å². The minimum absolute atomic E-state index is 0.196. The van der Waals surface area contributed by atoms with Gasteiger partial charge in [0.05, 0.1) is 17.1 Å². The SMILES string of the molecule is CC1(C)c2ccccc2-c2cnc(-c3ccc(-c4nc(-c5ccccc5)cc(-c5ccccc5)n4)c4ccccc34)nc21. The van der Waals surface area contributed by atoms with Crippen molar-refractivity contribution in [2.75, 3.05) is 0 Å². The van der Waals surface area contributed by atoms with Crippen LogP contribution in [-0.2, 0) is 5.41 Å². The summed E-state index contributed by atoms with van der Waals surface area (Å²) in [6, 6.07) is 43.9. The van der Waals surface area contributed by atoms with Crippen molar-refractivity contribution in [1.82, 2.24) is 19.9 Å². The fraction of sp³-hybridized carbons (Fsp3) is 0.0769. The van der Waals surface area contributed by atoms with E-state index in [9.17, 15) is 0 Å². The summed E-state index contributed by atoms with van der Waals surface area (Å²) in [4.78, 5) is 20.3. The van der Waals surface area contributed by atoms with Gasteiger partial charge in [0.25, 0.3) is 0 Å². The van der Waals surface area contributed by atoms with Crippen LogP contribution in [0.1, 0.15) is 25.1 Å². The molecule has 5 aromatic carbocycles. The molecule has 8 rings (SSSR count). The number of rotatable bonds is 4. The van der Waals surface area contributed by atoms with E-state index in [0.717, 1.165) is 61.5 Å². The number of aromatic nitrogens is 4. The molecule has 2 aromatic heterocycles. The first-order valence-corrected chi connectivity index (χ1v) is 14.6. The van der Waals surface area contributed by atoms with Crippen molar-refractivity contribution in [2.24, 2.45) is 0 Å². The molecular weight excluding hydrogens is 524 g/mol. The highest BCUT2D eigenvalue weighted by atomic mass is 14.9. The number of hydrogen-bond acceptors (Lipinski definition) is 4. The molecule has 0 bridgehead atoms. The number of hydrogen-bond donors (Lipinski definition) is 0.